The number of hydrogen-bond donors (Lipinski definition) is 2. The van der Waals surface area contributed by atoms with E-state index in [4.69, 9.17) is 4.74 Å². The lowest BCUT2D eigenvalue weighted by Crippen LogP contribution is -2.36. The van der Waals surface area contributed by atoms with Gasteiger partial charge in [-0.05, 0) is 12.1 Å². The van der Waals surface area contributed by atoms with Gasteiger partial charge in [-0.15, -0.1) is 0 Å². The number of H-pyrrole nitrogens is 2. The standard InChI is InChI=1S/C14H13F3N6O/c15-14(16,17)13-20-10-6-8(23-1-3-24-4-2-23)5-9(11(10)21-13)12-18-7-19-22-12/h5-7H,1-4H2,(H,20,21)(H,18,19,22). The van der Waals surface area contributed by atoms with E-state index in [1.54, 1.807) is 12.1 Å². The van der Waals surface area contributed by atoms with Crippen LogP contribution in [0, 0.1) is 0 Å². The molecule has 0 unspecified atom stereocenters. The van der Waals surface area contributed by atoms with E-state index in [2.05, 4.69) is 25.1 Å². The quantitative estimate of drug-likeness (QED) is 0.748. The number of alkyl halides is 3. The molecule has 0 bridgehead atoms. The molecule has 126 valence electrons. The molecule has 0 aliphatic carbocycles. The van der Waals surface area contributed by atoms with Gasteiger partial charge in [-0.25, -0.2) is 9.97 Å². The Morgan fingerprint density at radius 1 is 1.17 bits per heavy atom. The molecule has 1 aliphatic heterocycles. The molecule has 3 heterocycles. The average molecular weight is 338 g/mol. The molecule has 10 heteroatoms. The van der Waals surface area contributed by atoms with E-state index in [-0.39, 0.29) is 5.52 Å². The summed E-state index contributed by atoms with van der Waals surface area (Å²) in [6.45, 7) is 2.48. The lowest BCUT2D eigenvalue weighted by atomic mass is 10.1. The van der Waals surface area contributed by atoms with Crippen LogP contribution >= 0.6 is 0 Å². The second-order valence-corrected chi connectivity index (χ2v) is 5.39. The Bertz CT molecular complexity index is 851. The summed E-state index contributed by atoms with van der Waals surface area (Å²) in [6.07, 6.45) is -3.17. The number of nitrogens with zero attached hydrogens (tertiary/aromatic N) is 4. The van der Waals surface area contributed by atoms with Crippen molar-refractivity contribution >= 4 is 16.7 Å². The van der Waals surface area contributed by atoms with Gasteiger partial charge in [0, 0.05) is 18.8 Å². The van der Waals surface area contributed by atoms with E-state index in [9.17, 15) is 13.2 Å². The highest BCUT2D eigenvalue weighted by Gasteiger charge is 2.35. The molecule has 0 spiro atoms. The van der Waals surface area contributed by atoms with Crippen LogP contribution in [0.4, 0.5) is 18.9 Å². The lowest BCUT2D eigenvalue weighted by molar-refractivity contribution is -0.144. The predicted molar refractivity (Wildman–Crippen MR) is 79.5 cm³/mol. The Morgan fingerprint density at radius 2 is 1.96 bits per heavy atom. The molecule has 24 heavy (non-hydrogen) atoms. The van der Waals surface area contributed by atoms with Crippen LogP contribution < -0.4 is 4.90 Å². The summed E-state index contributed by atoms with van der Waals surface area (Å²) >= 11 is 0. The molecule has 1 aromatic carbocycles. The lowest BCUT2D eigenvalue weighted by Gasteiger charge is -2.29. The van der Waals surface area contributed by atoms with Gasteiger partial charge >= 0.3 is 6.18 Å². The minimum atomic E-state index is -4.55. The van der Waals surface area contributed by atoms with Crippen LogP contribution in [-0.2, 0) is 10.9 Å². The third-order valence-corrected chi connectivity index (χ3v) is 3.87. The monoisotopic (exact) mass is 338 g/mol. The summed E-state index contributed by atoms with van der Waals surface area (Å²) < 4.78 is 44.3. The van der Waals surface area contributed by atoms with Gasteiger partial charge in [0.1, 0.15) is 11.8 Å². The van der Waals surface area contributed by atoms with E-state index in [1.807, 2.05) is 4.90 Å². The van der Waals surface area contributed by atoms with Gasteiger partial charge < -0.3 is 14.6 Å². The molecule has 3 aromatic rings. The molecule has 0 radical (unpaired) electrons. The number of imidazole rings is 1. The largest absolute Gasteiger partial charge is 0.449 e. The minimum absolute atomic E-state index is 0.193. The van der Waals surface area contributed by atoms with E-state index in [1.165, 1.54) is 6.33 Å². The molecular weight excluding hydrogens is 325 g/mol. The van der Waals surface area contributed by atoms with Crippen LogP contribution in [0.5, 0.6) is 0 Å². The number of halogens is 3. The zero-order valence-corrected chi connectivity index (χ0v) is 12.4. The van der Waals surface area contributed by atoms with Crippen molar-refractivity contribution in [2.75, 3.05) is 31.2 Å². The summed E-state index contributed by atoms with van der Waals surface area (Å²) in [5, 5.41) is 6.55. The molecule has 7 nitrogen and oxygen atoms in total. The Morgan fingerprint density at radius 3 is 2.62 bits per heavy atom. The fourth-order valence-electron chi connectivity index (χ4n) is 2.75. The zero-order valence-electron chi connectivity index (χ0n) is 12.4. The van der Waals surface area contributed by atoms with Crippen LogP contribution in [0.3, 0.4) is 0 Å². The van der Waals surface area contributed by atoms with Crippen molar-refractivity contribution in [1.82, 2.24) is 25.1 Å². The molecule has 0 amide bonds. The first kappa shape index (κ1) is 14.9. The zero-order chi connectivity index (χ0) is 16.7. The third kappa shape index (κ3) is 2.58. The van der Waals surface area contributed by atoms with Crippen molar-refractivity contribution in [2.24, 2.45) is 0 Å². The Balaban J connectivity index is 1.89. The second-order valence-electron chi connectivity index (χ2n) is 5.39. The molecular formula is C14H13F3N6O. The third-order valence-electron chi connectivity index (χ3n) is 3.87. The minimum Gasteiger partial charge on any atom is -0.378 e. The Kier molecular flexibility index (Phi) is 3.41. The van der Waals surface area contributed by atoms with Crippen molar-refractivity contribution in [2.45, 2.75) is 6.18 Å². The molecule has 1 fully saturated rings. The number of rotatable bonds is 2. The number of anilines is 1. The van der Waals surface area contributed by atoms with Crippen LogP contribution in [0.25, 0.3) is 22.4 Å². The van der Waals surface area contributed by atoms with Crippen LogP contribution in [0.1, 0.15) is 5.82 Å². The summed E-state index contributed by atoms with van der Waals surface area (Å²) in [4.78, 5) is 12.2. The first-order valence-corrected chi connectivity index (χ1v) is 7.32. The van der Waals surface area contributed by atoms with Gasteiger partial charge in [-0.3, -0.25) is 5.10 Å². The maximum absolute atomic E-state index is 13.0. The predicted octanol–water partition coefficient (Wildman–Crippen LogP) is 2.20. The number of aromatic nitrogens is 5. The molecule has 4 rings (SSSR count). The van der Waals surface area contributed by atoms with Gasteiger partial charge in [-0.2, -0.15) is 18.3 Å². The Hall–Kier alpha value is -2.62. The fourth-order valence-corrected chi connectivity index (χ4v) is 2.75. The maximum atomic E-state index is 13.0. The molecule has 2 aromatic heterocycles. The first-order chi connectivity index (χ1) is 11.5. The van der Waals surface area contributed by atoms with Crippen molar-refractivity contribution < 1.29 is 17.9 Å². The maximum Gasteiger partial charge on any atom is 0.449 e. The number of ether oxygens (including phenoxy) is 1. The summed E-state index contributed by atoms with van der Waals surface area (Å²) in [5.74, 6) is -0.733. The van der Waals surface area contributed by atoms with Crippen molar-refractivity contribution in [3.63, 3.8) is 0 Å². The highest BCUT2D eigenvalue weighted by molar-refractivity contribution is 5.93. The second kappa shape index (κ2) is 5.48. The van der Waals surface area contributed by atoms with Gasteiger partial charge in [-0.1, -0.05) is 0 Å². The topological polar surface area (TPSA) is 82.7 Å². The normalized spacial score (nSPS) is 16.0. The number of benzene rings is 1. The summed E-state index contributed by atoms with van der Waals surface area (Å²) in [5.41, 5.74) is 1.72. The van der Waals surface area contributed by atoms with Gasteiger partial charge in [0.2, 0.25) is 5.82 Å². The van der Waals surface area contributed by atoms with Gasteiger partial charge in [0.15, 0.2) is 5.82 Å². The SMILES string of the molecule is FC(F)(F)c1nc2c(-c3nc[nH]n3)cc(N3CCOCC3)cc2[nH]1. The van der Waals surface area contributed by atoms with Crippen LogP contribution in [-0.4, -0.2) is 51.5 Å². The van der Waals surface area contributed by atoms with E-state index in [0.29, 0.717) is 43.2 Å². The molecule has 0 saturated carbocycles. The summed E-state index contributed by atoms with van der Waals surface area (Å²) in [7, 11) is 0. The van der Waals surface area contributed by atoms with E-state index in [0.717, 1.165) is 5.69 Å². The van der Waals surface area contributed by atoms with E-state index < -0.39 is 12.0 Å². The number of morpholine rings is 1. The average Bonchev–Trinajstić information content (AvgIpc) is 3.23. The van der Waals surface area contributed by atoms with E-state index >= 15 is 0 Å². The molecule has 1 saturated heterocycles. The summed E-state index contributed by atoms with van der Waals surface area (Å²) in [6, 6.07) is 3.43. The van der Waals surface area contributed by atoms with Gasteiger partial charge in [0.25, 0.3) is 0 Å². The van der Waals surface area contributed by atoms with Gasteiger partial charge in [0.05, 0.1) is 24.3 Å². The molecule has 1 aliphatic rings. The fraction of sp³-hybridized carbons (Fsp3) is 0.357. The first-order valence-electron chi connectivity index (χ1n) is 7.32. The number of fused-ring (bicyclic) bond motifs is 1. The number of hydrogen-bond acceptors (Lipinski definition) is 5. The number of aromatic amines is 2. The van der Waals surface area contributed by atoms with Crippen molar-refractivity contribution in [3.8, 4) is 11.4 Å². The van der Waals surface area contributed by atoms with Crippen molar-refractivity contribution in [3.05, 3.63) is 24.3 Å². The highest BCUT2D eigenvalue weighted by Crippen LogP contribution is 2.34. The smallest absolute Gasteiger partial charge is 0.378 e. The molecule has 2 N–H and O–H groups in total. The van der Waals surface area contributed by atoms with Crippen LogP contribution in [0.15, 0.2) is 18.5 Å². The van der Waals surface area contributed by atoms with Crippen LogP contribution in [0.2, 0.25) is 0 Å². The number of nitrogens with one attached hydrogen (secondary N) is 2. The Labute approximate surface area is 133 Å². The molecule has 0 atom stereocenters. The van der Waals surface area contributed by atoms with Crippen molar-refractivity contribution in [1.29, 1.82) is 0 Å². The highest BCUT2D eigenvalue weighted by atomic mass is 19.4.